The second-order valence-electron chi connectivity index (χ2n) is 5.98. The largest absolute Gasteiger partial charge is 0.376 e. The zero-order chi connectivity index (χ0) is 16.7. The molecule has 0 saturated heterocycles. The molecule has 2 amide bonds. The molecule has 5 nitrogen and oxygen atoms in total. The normalized spacial score (nSPS) is 11.9. The predicted molar refractivity (Wildman–Crippen MR) is 89.9 cm³/mol. The van der Waals surface area contributed by atoms with Crippen molar-refractivity contribution < 1.29 is 9.59 Å². The minimum Gasteiger partial charge on any atom is -0.376 e. The van der Waals surface area contributed by atoms with Gasteiger partial charge in [0.05, 0.1) is 6.54 Å². The standard InChI is InChI=1S/C17H27N3O2/c1-11(2)9-14(17(22)18-5)20-15(21)10-19-16-12(3)7-6-8-13(16)4/h6-8,11,14,19H,9-10H2,1-5H3,(H,18,22)(H,20,21). The number of benzene rings is 1. The Kier molecular flexibility index (Phi) is 6.89. The zero-order valence-electron chi connectivity index (χ0n) is 14.1. The van der Waals surface area contributed by atoms with Crippen LogP contribution in [0, 0.1) is 19.8 Å². The fraction of sp³-hybridized carbons (Fsp3) is 0.529. The zero-order valence-corrected chi connectivity index (χ0v) is 14.1. The molecule has 0 bridgehead atoms. The molecule has 1 rings (SSSR count). The van der Waals surface area contributed by atoms with E-state index in [0.29, 0.717) is 12.3 Å². The lowest BCUT2D eigenvalue weighted by atomic mass is 10.0. The highest BCUT2D eigenvalue weighted by Gasteiger charge is 2.20. The van der Waals surface area contributed by atoms with Gasteiger partial charge in [0.25, 0.3) is 0 Å². The van der Waals surface area contributed by atoms with Gasteiger partial charge < -0.3 is 16.0 Å². The first-order chi connectivity index (χ1) is 10.3. The van der Waals surface area contributed by atoms with Crippen molar-refractivity contribution in [2.75, 3.05) is 18.9 Å². The van der Waals surface area contributed by atoms with Crippen LogP contribution >= 0.6 is 0 Å². The molecule has 1 atom stereocenters. The van der Waals surface area contributed by atoms with Crippen molar-refractivity contribution in [3.8, 4) is 0 Å². The van der Waals surface area contributed by atoms with E-state index in [-0.39, 0.29) is 18.4 Å². The van der Waals surface area contributed by atoms with E-state index in [1.807, 2.05) is 45.9 Å². The molecular formula is C17H27N3O2. The van der Waals surface area contributed by atoms with Crippen LogP contribution in [0.5, 0.6) is 0 Å². The van der Waals surface area contributed by atoms with Gasteiger partial charge in [-0.25, -0.2) is 0 Å². The third-order valence-corrected chi connectivity index (χ3v) is 3.51. The Bertz CT molecular complexity index is 506. The number of amides is 2. The van der Waals surface area contributed by atoms with Crippen LogP contribution in [0.1, 0.15) is 31.4 Å². The molecule has 122 valence electrons. The van der Waals surface area contributed by atoms with E-state index in [2.05, 4.69) is 16.0 Å². The van der Waals surface area contributed by atoms with Crippen LogP contribution in [-0.4, -0.2) is 31.4 Å². The molecule has 0 spiro atoms. The van der Waals surface area contributed by atoms with Crippen LogP contribution in [0.3, 0.4) is 0 Å². The summed E-state index contributed by atoms with van der Waals surface area (Å²) >= 11 is 0. The van der Waals surface area contributed by atoms with E-state index in [0.717, 1.165) is 16.8 Å². The fourth-order valence-electron chi connectivity index (χ4n) is 2.38. The summed E-state index contributed by atoms with van der Waals surface area (Å²) in [5.74, 6) is -0.0137. The van der Waals surface area contributed by atoms with Gasteiger partial charge in [0.15, 0.2) is 0 Å². The van der Waals surface area contributed by atoms with Crippen molar-refractivity contribution in [1.82, 2.24) is 10.6 Å². The van der Waals surface area contributed by atoms with Gasteiger partial charge in [0, 0.05) is 12.7 Å². The first kappa shape index (κ1) is 18.0. The lowest BCUT2D eigenvalue weighted by Crippen LogP contribution is -2.48. The summed E-state index contributed by atoms with van der Waals surface area (Å²) in [6.07, 6.45) is 0.620. The number of rotatable bonds is 7. The maximum atomic E-state index is 12.1. The molecule has 1 unspecified atom stereocenters. The quantitative estimate of drug-likeness (QED) is 0.721. The molecule has 0 radical (unpaired) electrons. The highest BCUT2D eigenvalue weighted by molar-refractivity contribution is 5.89. The third kappa shape index (κ3) is 5.39. The van der Waals surface area contributed by atoms with Gasteiger partial charge in [0.2, 0.25) is 11.8 Å². The van der Waals surface area contributed by atoms with E-state index < -0.39 is 6.04 Å². The third-order valence-electron chi connectivity index (χ3n) is 3.51. The van der Waals surface area contributed by atoms with Gasteiger partial charge in [-0.05, 0) is 37.3 Å². The molecule has 0 aliphatic carbocycles. The minimum absolute atomic E-state index is 0.150. The predicted octanol–water partition coefficient (Wildman–Crippen LogP) is 1.99. The van der Waals surface area contributed by atoms with Crippen molar-refractivity contribution in [2.24, 2.45) is 5.92 Å². The molecule has 1 aromatic carbocycles. The maximum absolute atomic E-state index is 12.1. The molecule has 0 aromatic heterocycles. The number of para-hydroxylation sites is 1. The smallest absolute Gasteiger partial charge is 0.242 e. The van der Waals surface area contributed by atoms with Crippen molar-refractivity contribution in [1.29, 1.82) is 0 Å². The molecular weight excluding hydrogens is 278 g/mol. The number of anilines is 1. The van der Waals surface area contributed by atoms with Crippen LogP contribution in [0.15, 0.2) is 18.2 Å². The number of nitrogens with one attached hydrogen (secondary N) is 3. The topological polar surface area (TPSA) is 70.2 Å². The van der Waals surface area contributed by atoms with Crippen LogP contribution < -0.4 is 16.0 Å². The van der Waals surface area contributed by atoms with Gasteiger partial charge in [-0.15, -0.1) is 0 Å². The number of likely N-dealkylation sites (N-methyl/N-ethyl adjacent to an activating group) is 1. The Labute approximate surface area is 132 Å². The van der Waals surface area contributed by atoms with Crippen LogP contribution in [0.25, 0.3) is 0 Å². The van der Waals surface area contributed by atoms with Gasteiger partial charge in [-0.1, -0.05) is 32.0 Å². The Morgan fingerprint density at radius 1 is 1.14 bits per heavy atom. The molecule has 0 aliphatic rings. The summed E-state index contributed by atoms with van der Waals surface area (Å²) in [6, 6.07) is 5.50. The number of aryl methyl sites for hydroxylation is 2. The van der Waals surface area contributed by atoms with Crippen molar-refractivity contribution in [2.45, 2.75) is 40.2 Å². The average Bonchev–Trinajstić information content (AvgIpc) is 2.44. The van der Waals surface area contributed by atoms with Crippen molar-refractivity contribution in [3.63, 3.8) is 0 Å². The monoisotopic (exact) mass is 305 g/mol. The van der Waals surface area contributed by atoms with Crippen LogP contribution in [0.4, 0.5) is 5.69 Å². The molecule has 0 aliphatic heterocycles. The molecule has 5 heteroatoms. The Morgan fingerprint density at radius 3 is 2.23 bits per heavy atom. The summed E-state index contributed by atoms with van der Waals surface area (Å²) in [7, 11) is 1.58. The van der Waals surface area contributed by atoms with E-state index >= 15 is 0 Å². The number of carbonyl (C=O) groups excluding carboxylic acids is 2. The second-order valence-corrected chi connectivity index (χ2v) is 5.98. The van der Waals surface area contributed by atoms with E-state index in [1.165, 1.54) is 0 Å². The lowest BCUT2D eigenvalue weighted by Gasteiger charge is -2.20. The molecule has 22 heavy (non-hydrogen) atoms. The lowest BCUT2D eigenvalue weighted by molar-refractivity contribution is -0.128. The van der Waals surface area contributed by atoms with E-state index in [4.69, 9.17) is 0 Å². The number of hydrogen-bond acceptors (Lipinski definition) is 3. The SMILES string of the molecule is CNC(=O)C(CC(C)C)NC(=O)CNc1c(C)cccc1C. The Balaban J connectivity index is 2.62. The first-order valence-electron chi connectivity index (χ1n) is 7.66. The molecule has 0 saturated carbocycles. The van der Waals surface area contributed by atoms with Gasteiger partial charge in [0.1, 0.15) is 6.04 Å². The second kappa shape index (κ2) is 8.41. The fourth-order valence-corrected chi connectivity index (χ4v) is 2.38. The van der Waals surface area contributed by atoms with Gasteiger partial charge >= 0.3 is 0 Å². The van der Waals surface area contributed by atoms with E-state index in [1.54, 1.807) is 7.05 Å². The van der Waals surface area contributed by atoms with Crippen LogP contribution in [0.2, 0.25) is 0 Å². The van der Waals surface area contributed by atoms with Crippen molar-refractivity contribution >= 4 is 17.5 Å². The first-order valence-corrected chi connectivity index (χ1v) is 7.66. The summed E-state index contributed by atoms with van der Waals surface area (Å²) in [4.78, 5) is 23.9. The Hall–Kier alpha value is -2.04. The minimum atomic E-state index is -0.489. The summed E-state index contributed by atoms with van der Waals surface area (Å²) in [6.45, 7) is 8.20. The summed E-state index contributed by atoms with van der Waals surface area (Å²) < 4.78 is 0. The highest BCUT2D eigenvalue weighted by Crippen LogP contribution is 2.18. The van der Waals surface area contributed by atoms with E-state index in [9.17, 15) is 9.59 Å². The molecule has 0 fully saturated rings. The maximum Gasteiger partial charge on any atom is 0.242 e. The van der Waals surface area contributed by atoms with Crippen LogP contribution in [-0.2, 0) is 9.59 Å². The molecule has 3 N–H and O–H groups in total. The average molecular weight is 305 g/mol. The Morgan fingerprint density at radius 2 is 1.73 bits per heavy atom. The molecule has 0 heterocycles. The number of hydrogen-bond donors (Lipinski definition) is 3. The summed E-state index contributed by atoms with van der Waals surface area (Å²) in [5, 5.41) is 8.54. The highest BCUT2D eigenvalue weighted by atomic mass is 16.2. The summed E-state index contributed by atoms with van der Waals surface area (Å²) in [5.41, 5.74) is 3.16. The number of carbonyl (C=O) groups is 2. The van der Waals surface area contributed by atoms with Gasteiger partial charge in [-0.3, -0.25) is 9.59 Å². The van der Waals surface area contributed by atoms with Gasteiger partial charge in [-0.2, -0.15) is 0 Å². The molecule has 1 aromatic rings. The van der Waals surface area contributed by atoms with Crippen molar-refractivity contribution in [3.05, 3.63) is 29.3 Å².